The lowest BCUT2D eigenvalue weighted by Gasteiger charge is -2.08. The van der Waals surface area contributed by atoms with Crippen LogP contribution in [0.4, 0.5) is 4.39 Å². The van der Waals surface area contributed by atoms with E-state index in [1.807, 2.05) is 6.92 Å². The number of hydrogen-bond acceptors (Lipinski definition) is 4. The van der Waals surface area contributed by atoms with Crippen molar-refractivity contribution in [1.82, 2.24) is 10.3 Å². The molecule has 1 atom stereocenters. The van der Waals surface area contributed by atoms with Gasteiger partial charge in [-0.25, -0.2) is 4.39 Å². The summed E-state index contributed by atoms with van der Waals surface area (Å²) < 4.78 is 19.5. The quantitative estimate of drug-likeness (QED) is 0.766. The molecule has 5 nitrogen and oxygen atoms in total. The minimum absolute atomic E-state index is 0.00754. The topological polar surface area (TPSA) is 71.5 Å². The fraction of sp³-hybridized carbons (Fsp3) is 0.222. The number of pyridine rings is 1. The van der Waals surface area contributed by atoms with Gasteiger partial charge in [0.15, 0.2) is 11.6 Å². The molecule has 0 saturated carbocycles. The summed E-state index contributed by atoms with van der Waals surface area (Å²) in [6.45, 7) is 2.21. The number of hydrogen-bond donors (Lipinski definition) is 2. The minimum atomic E-state index is -0.532. The molecule has 0 bridgehead atoms. The van der Waals surface area contributed by atoms with E-state index in [-0.39, 0.29) is 24.2 Å². The van der Waals surface area contributed by atoms with Crippen LogP contribution in [-0.4, -0.2) is 29.1 Å². The van der Waals surface area contributed by atoms with Gasteiger partial charge in [0.1, 0.15) is 5.75 Å². The van der Waals surface area contributed by atoms with Gasteiger partial charge >= 0.3 is 0 Å². The molecule has 1 heterocycles. The Morgan fingerprint density at radius 2 is 2.29 bits per heavy atom. The highest BCUT2D eigenvalue weighted by Crippen LogP contribution is 2.24. The summed E-state index contributed by atoms with van der Waals surface area (Å²) in [7, 11) is 0. The number of aliphatic hydroxyl groups excluding tert-OH is 1. The van der Waals surface area contributed by atoms with E-state index in [1.54, 1.807) is 24.4 Å². The summed E-state index contributed by atoms with van der Waals surface area (Å²) in [5.41, 5.74) is 0.538. The molecule has 1 aromatic carbocycles. The van der Waals surface area contributed by atoms with E-state index in [0.29, 0.717) is 17.9 Å². The average molecular weight is 330 g/mol. The van der Waals surface area contributed by atoms with Gasteiger partial charge in [-0.15, -0.1) is 0 Å². The molecule has 0 aliphatic heterocycles. The standard InChI is InChI=1S/C18H19FN2O3/c1-13(12-22)10-21-18(23)7-5-14-4-6-17(16(19)9-14)24-15-3-2-8-20-11-15/h2-9,11,13,22H,10,12H2,1H3,(H,21,23)/b7-5+. The normalized spacial score (nSPS) is 12.1. The number of nitrogens with zero attached hydrogens (tertiary/aromatic N) is 1. The van der Waals surface area contributed by atoms with Gasteiger partial charge in [0.05, 0.1) is 6.20 Å². The second-order valence-electron chi connectivity index (χ2n) is 5.35. The third kappa shape index (κ3) is 5.48. The van der Waals surface area contributed by atoms with E-state index >= 15 is 0 Å². The molecular formula is C18H19FN2O3. The van der Waals surface area contributed by atoms with Gasteiger partial charge in [-0.05, 0) is 41.8 Å². The molecule has 1 aromatic heterocycles. The van der Waals surface area contributed by atoms with Gasteiger partial charge in [0, 0.05) is 25.4 Å². The summed E-state index contributed by atoms with van der Waals surface area (Å²) >= 11 is 0. The highest BCUT2D eigenvalue weighted by atomic mass is 19.1. The smallest absolute Gasteiger partial charge is 0.244 e. The van der Waals surface area contributed by atoms with Crippen molar-refractivity contribution < 1.29 is 19.0 Å². The molecule has 1 amide bonds. The first kappa shape index (κ1) is 17.6. The van der Waals surface area contributed by atoms with Crippen molar-refractivity contribution in [3.63, 3.8) is 0 Å². The van der Waals surface area contributed by atoms with E-state index < -0.39 is 5.82 Å². The van der Waals surface area contributed by atoms with Gasteiger partial charge in [-0.1, -0.05) is 13.0 Å². The van der Waals surface area contributed by atoms with Crippen molar-refractivity contribution in [1.29, 1.82) is 0 Å². The van der Waals surface area contributed by atoms with Crippen molar-refractivity contribution in [3.8, 4) is 11.5 Å². The Balaban J connectivity index is 1.96. The van der Waals surface area contributed by atoms with Crippen LogP contribution in [0.15, 0.2) is 48.8 Å². The highest BCUT2D eigenvalue weighted by molar-refractivity contribution is 5.91. The Morgan fingerprint density at radius 3 is 2.96 bits per heavy atom. The zero-order chi connectivity index (χ0) is 17.4. The highest BCUT2D eigenvalue weighted by Gasteiger charge is 2.06. The maximum absolute atomic E-state index is 14.1. The number of carbonyl (C=O) groups excluding carboxylic acids is 1. The van der Waals surface area contributed by atoms with Crippen LogP contribution in [0.3, 0.4) is 0 Å². The molecule has 0 aliphatic carbocycles. The maximum Gasteiger partial charge on any atom is 0.244 e. The van der Waals surface area contributed by atoms with Crippen molar-refractivity contribution in [2.45, 2.75) is 6.92 Å². The van der Waals surface area contributed by atoms with Gasteiger partial charge in [0.25, 0.3) is 0 Å². The molecule has 2 N–H and O–H groups in total. The van der Waals surface area contributed by atoms with Crippen LogP contribution in [0.25, 0.3) is 6.08 Å². The predicted octanol–water partition coefficient (Wildman–Crippen LogP) is 2.77. The Morgan fingerprint density at radius 1 is 1.46 bits per heavy atom. The van der Waals surface area contributed by atoms with Crippen LogP contribution < -0.4 is 10.1 Å². The summed E-state index contributed by atoms with van der Waals surface area (Å²) in [5.74, 6) is -0.316. The van der Waals surface area contributed by atoms with Crippen LogP contribution in [-0.2, 0) is 4.79 Å². The van der Waals surface area contributed by atoms with Gasteiger partial charge < -0.3 is 15.2 Å². The lowest BCUT2D eigenvalue weighted by atomic mass is 10.2. The number of ether oxygens (including phenoxy) is 1. The first-order chi connectivity index (χ1) is 11.6. The zero-order valence-corrected chi connectivity index (χ0v) is 13.3. The number of carbonyl (C=O) groups is 1. The maximum atomic E-state index is 14.1. The molecule has 2 rings (SSSR count). The van der Waals surface area contributed by atoms with E-state index in [2.05, 4.69) is 10.3 Å². The van der Waals surface area contributed by atoms with Crippen LogP contribution >= 0.6 is 0 Å². The number of benzene rings is 1. The molecule has 126 valence electrons. The Bertz CT molecular complexity index is 705. The van der Waals surface area contributed by atoms with Crippen molar-refractivity contribution in [2.75, 3.05) is 13.2 Å². The first-order valence-corrected chi connectivity index (χ1v) is 7.52. The third-order valence-corrected chi connectivity index (χ3v) is 3.18. The largest absolute Gasteiger partial charge is 0.453 e. The van der Waals surface area contributed by atoms with Crippen LogP contribution in [0.2, 0.25) is 0 Å². The van der Waals surface area contributed by atoms with Gasteiger partial charge in [0.2, 0.25) is 5.91 Å². The molecule has 24 heavy (non-hydrogen) atoms. The second kappa shape index (κ2) is 8.79. The van der Waals surface area contributed by atoms with Crippen LogP contribution in [0.5, 0.6) is 11.5 Å². The number of nitrogens with one attached hydrogen (secondary N) is 1. The molecule has 0 radical (unpaired) electrons. The Kier molecular flexibility index (Phi) is 6.45. The summed E-state index contributed by atoms with van der Waals surface area (Å²) in [5, 5.41) is 11.5. The van der Waals surface area contributed by atoms with Crippen molar-refractivity contribution >= 4 is 12.0 Å². The molecule has 0 spiro atoms. The number of amides is 1. The summed E-state index contributed by atoms with van der Waals surface area (Å²) in [6.07, 6.45) is 5.92. The van der Waals surface area contributed by atoms with E-state index in [4.69, 9.17) is 9.84 Å². The minimum Gasteiger partial charge on any atom is -0.453 e. The molecule has 2 aromatic rings. The van der Waals surface area contributed by atoms with Gasteiger partial charge in [-0.2, -0.15) is 0 Å². The third-order valence-electron chi connectivity index (χ3n) is 3.18. The predicted molar refractivity (Wildman–Crippen MR) is 89.0 cm³/mol. The first-order valence-electron chi connectivity index (χ1n) is 7.52. The summed E-state index contributed by atoms with van der Waals surface area (Å²) in [4.78, 5) is 15.5. The Labute approximate surface area is 139 Å². The van der Waals surface area contributed by atoms with E-state index in [0.717, 1.165) is 0 Å². The SMILES string of the molecule is CC(CO)CNC(=O)/C=C/c1ccc(Oc2cccnc2)c(F)c1. The monoisotopic (exact) mass is 330 g/mol. The molecule has 6 heteroatoms. The number of halogens is 1. The van der Waals surface area contributed by atoms with Crippen molar-refractivity contribution in [3.05, 3.63) is 60.2 Å². The average Bonchev–Trinajstić information content (AvgIpc) is 2.60. The fourth-order valence-electron chi connectivity index (χ4n) is 1.81. The van der Waals surface area contributed by atoms with Crippen LogP contribution in [0, 0.1) is 11.7 Å². The molecule has 0 aliphatic rings. The number of aliphatic hydroxyl groups is 1. The summed E-state index contributed by atoms with van der Waals surface area (Å²) in [6, 6.07) is 7.80. The van der Waals surface area contributed by atoms with Crippen LogP contribution in [0.1, 0.15) is 12.5 Å². The lowest BCUT2D eigenvalue weighted by molar-refractivity contribution is -0.116. The zero-order valence-electron chi connectivity index (χ0n) is 13.3. The van der Waals surface area contributed by atoms with Gasteiger partial charge in [-0.3, -0.25) is 9.78 Å². The fourth-order valence-corrected chi connectivity index (χ4v) is 1.81. The Hall–Kier alpha value is -2.73. The molecule has 1 unspecified atom stereocenters. The van der Waals surface area contributed by atoms with E-state index in [9.17, 15) is 9.18 Å². The second-order valence-corrected chi connectivity index (χ2v) is 5.35. The van der Waals surface area contributed by atoms with E-state index in [1.165, 1.54) is 30.5 Å². The number of rotatable bonds is 7. The lowest BCUT2D eigenvalue weighted by Crippen LogP contribution is -2.27. The molecule has 0 fully saturated rings. The molecular weight excluding hydrogens is 311 g/mol. The molecule has 0 saturated heterocycles. The van der Waals surface area contributed by atoms with Crippen molar-refractivity contribution in [2.24, 2.45) is 5.92 Å². The number of aromatic nitrogens is 1.